The molecule has 0 unspecified atom stereocenters. The molecule has 0 saturated carbocycles. The number of pyridine rings is 1. The molecule has 0 saturated heterocycles. The van der Waals surface area contributed by atoms with Crippen LogP contribution in [0.3, 0.4) is 0 Å². The van der Waals surface area contributed by atoms with Gasteiger partial charge in [-0.25, -0.2) is 4.98 Å². The van der Waals surface area contributed by atoms with E-state index in [0.717, 1.165) is 27.9 Å². The molecule has 3 aromatic heterocycles. The summed E-state index contributed by atoms with van der Waals surface area (Å²) < 4.78 is 3.48. The van der Waals surface area contributed by atoms with Crippen LogP contribution >= 0.6 is 0 Å². The highest BCUT2D eigenvalue weighted by atomic mass is 16.1. The number of carbonyl (C=O) groups excluding carboxylic acids is 1. The van der Waals surface area contributed by atoms with Crippen molar-refractivity contribution in [1.82, 2.24) is 29.9 Å². The fraction of sp³-hybridized carbons (Fsp3) is 0.200. The van der Waals surface area contributed by atoms with Gasteiger partial charge in [-0.1, -0.05) is 30.3 Å². The van der Waals surface area contributed by atoms with Crippen molar-refractivity contribution in [2.45, 2.75) is 13.0 Å². The van der Waals surface area contributed by atoms with Gasteiger partial charge < -0.3 is 5.32 Å². The molecule has 0 aliphatic heterocycles. The van der Waals surface area contributed by atoms with Crippen LogP contribution in [0.15, 0.2) is 55.0 Å². The van der Waals surface area contributed by atoms with Crippen LogP contribution in [0.4, 0.5) is 0 Å². The maximum atomic E-state index is 12.7. The van der Waals surface area contributed by atoms with Crippen molar-refractivity contribution >= 4 is 16.9 Å². The maximum Gasteiger partial charge on any atom is 0.255 e. The van der Waals surface area contributed by atoms with E-state index in [-0.39, 0.29) is 5.91 Å². The van der Waals surface area contributed by atoms with Gasteiger partial charge in [0, 0.05) is 38.6 Å². The third-order valence-corrected chi connectivity index (χ3v) is 4.60. The summed E-state index contributed by atoms with van der Waals surface area (Å²) in [5.41, 5.74) is 4.37. The molecule has 0 spiro atoms. The first kappa shape index (κ1) is 17.0. The summed E-state index contributed by atoms with van der Waals surface area (Å²) >= 11 is 0. The first-order chi connectivity index (χ1) is 13.1. The molecule has 0 radical (unpaired) electrons. The average Bonchev–Trinajstić information content (AvgIpc) is 3.24. The lowest BCUT2D eigenvalue weighted by Crippen LogP contribution is -2.24. The van der Waals surface area contributed by atoms with Crippen molar-refractivity contribution < 1.29 is 4.79 Å². The van der Waals surface area contributed by atoms with Gasteiger partial charge >= 0.3 is 0 Å². The van der Waals surface area contributed by atoms with Crippen LogP contribution in [-0.2, 0) is 27.1 Å². The Hall–Kier alpha value is -3.48. The number of hydrogen-bond acceptors (Lipinski definition) is 4. The van der Waals surface area contributed by atoms with Crippen molar-refractivity contribution in [2.24, 2.45) is 14.1 Å². The van der Waals surface area contributed by atoms with E-state index in [1.54, 1.807) is 28.0 Å². The van der Waals surface area contributed by atoms with E-state index in [4.69, 9.17) is 0 Å². The van der Waals surface area contributed by atoms with Crippen molar-refractivity contribution in [1.29, 1.82) is 0 Å². The van der Waals surface area contributed by atoms with Crippen LogP contribution in [0.25, 0.3) is 11.0 Å². The molecule has 3 heterocycles. The Morgan fingerprint density at radius 2 is 1.78 bits per heavy atom. The van der Waals surface area contributed by atoms with E-state index in [2.05, 4.69) is 20.5 Å². The highest BCUT2D eigenvalue weighted by molar-refractivity contribution is 5.95. The fourth-order valence-corrected chi connectivity index (χ4v) is 3.11. The molecule has 0 bridgehead atoms. The zero-order valence-electron chi connectivity index (χ0n) is 15.3. The standard InChI is InChI=1S/C20H20N6O/c1-25-18(9-14-6-4-3-5-7-14)17(13-24-25)20(27)22-11-15-8-16-12-23-26(2)19(16)21-10-15/h3-8,10,12-13H,9,11H2,1-2H3,(H,22,27). The third kappa shape index (κ3) is 3.44. The smallest absolute Gasteiger partial charge is 0.255 e. The Bertz CT molecular complexity index is 1100. The van der Waals surface area contributed by atoms with E-state index in [9.17, 15) is 4.79 Å². The summed E-state index contributed by atoms with van der Waals surface area (Å²) in [4.78, 5) is 17.1. The van der Waals surface area contributed by atoms with E-state index >= 15 is 0 Å². The second kappa shape index (κ2) is 7.03. The second-order valence-corrected chi connectivity index (χ2v) is 6.50. The van der Waals surface area contributed by atoms with Crippen LogP contribution in [-0.4, -0.2) is 30.5 Å². The van der Waals surface area contributed by atoms with Gasteiger partial charge in [0.2, 0.25) is 0 Å². The number of nitrogens with zero attached hydrogens (tertiary/aromatic N) is 5. The van der Waals surface area contributed by atoms with Crippen LogP contribution in [0, 0.1) is 0 Å². The van der Waals surface area contributed by atoms with Gasteiger partial charge in [-0.15, -0.1) is 0 Å². The topological polar surface area (TPSA) is 77.6 Å². The Morgan fingerprint density at radius 1 is 1.00 bits per heavy atom. The van der Waals surface area contributed by atoms with Crippen molar-refractivity contribution in [3.05, 3.63) is 77.4 Å². The van der Waals surface area contributed by atoms with E-state index in [1.165, 1.54) is 0 Å². The minimum absolute atomic E-state index is 0.139. The SMILES string of the molecule is Cn1ncc(C(=O)NCc2cnc3c(cnn3C)c2)c1Cc1ccccc1. The van der Waals surface area contributed by atoms with Gasteiger partial charge in [0.15, 0.2) is 5.65 Å². The minimum atomic E-state index is -0.139. The molecule has 0 atom stereocenters. The van der Waals surface area contributed by atoms with Gasteiger partial charge in [0.1, 0.15) is 0 Å². The molecule has 0 fully saturated rings. The first-order valence-corrected chi connectivity index (χ1v) is 8.71. The molecule has 1 aromatic carbocycles. The summed E-state index contributed by atoms with van der Waals surface area (Å²) in [6, 6.07) is 12.0. The van der Waals surface area contributed by atoms with Crippen LogP contribution in [0.1, 0.15) is 27.2 Å². The quantitative estimate of drug-likeness (QED) is 0.592. The summed E-state index contributed by atoms with van der Waals surface area (Å²) in [5, 5.41) is 12.4. The Labute approximate surface area is 156 Å². The molecular formula is C20H20N6O. The number of fused-ring (bicyclic) bond motifs is 1. The lowest BCUT2D eigenvalue weighted by molar-refractivity contribution is 0.0950. The zero-order chi connectivity index (χ0) is 18.8. The van der Waals surface area contributed by atoms with Gasteiger partial charge in [-0.3, -0.25) is 14.2 Å². The van der Waals surface area contributed by atoms with Gasteiger partial charge in [-0.2, -0.15) is 10.2 Å². The highest BCUT2D eigenvalue weighted by Gasteiger charge is 2.16. The highest BCUT2D eigenvalue weighted by Crippen LogP contribution is 2.15. The molecule has 4 rings (SSSR count). The number of rotatable bonds is 5. The van der Waals surface area contributed by atoms with Crippen molar-refractivity contribution in [3.63, 3.8) is 0 Å². The largest absolute Gasteiger partial charge is 0.348 e. The summed E-state index contributed by atoms with van der Waals surface area (Å²) in [7, 11) is 3.71. The number of benzene rings is 1. The molecule has 27 heavy (non-hydrogen) atoms. The minimum Gasteiger partial charge on any atom is -0.348 e. The number of aryl methyl sites for hydroxylation is 2. The number of carbonyl (C=O) groups is 1. The Kier molecular flexibility index (Phi) is 4.42. The van der Waals surface area contributed by atoms with Crippen LogP contribution < -0.4 is 5.32 Å². The second-order valence-electron chi connectivity index (χ2n) is 6.50. The molecular weight excluding hydrogens is 340 g/mol. The molecule has 0 aliphatic rings. The Balaban J connectivity index is 1.49. The molecule has 136 valence electrons. The molecule has 1 amide bonds. The van der Waals surface area contributed by atoms with Gasteiger partial charge in [0.25, 0.3) is 5.91 Å². The number of nitrogens with one attached hydrogen (secondary N) is 1. The van der Waals surface area contributed by atoms with E-state index in [0.29, 0.717) is 18.5 Å². The summed E-state index contributed by atoms with van der Waals surface area (Å²) in [5.74, 6) is -0.139. The number of amides is 1. The summed E-state index contributed by atoms with van der Waals surface area (Å²) in [6.07, 6.45) is 5.81. The zero-order valence-corrected chi connectivity index (χ0v) is 15.3. The first-order valence-electron chi connectivity index (χ1n) is 8.71. The van der Waals surface area contributed by atoms with Gasteiger partial charge in [0.05, 0.1) is 23.7 Å². The molecule has 4 aromatic rings. The van der Waals surface area contributed by atoms with E-state index < -0.39 is 0 Å². The van der Waals surface area contributed by atoms with E-state index in [1.807, 2.05) is 50.5 Å². The Morgan fingerprint density at radius 3 is 2.59 bits per heavy atom. The maximum absolute atomic E-state index is 12.7. The van der Waals surface area contributed by atoms with Crippen molar-refractivity contribution in [3.8, 4) is 0 Å². The predicted molar refractivity (Wildman–Crippen MR) is 102 cm³/mol. The fourth-order valence-electron chi connectivity index (χ4n) is 3.11. The van der Waals surface area contributed by atoms with Crippen LogP contribution in [0.5, 0.6) is 0 Å². The number of aromatic nitrogens is 5. The predicted octanol–water partition coefficient (Wildman–Crippen LogP) is 2.22. The molecule has 0 aliphatic carbocycles. The van der Waals surface area contributed by atoms with Gasteiger partial charge in [-0.05, 0) is 17.2 Å². The molecule has 7 nitrogen and oxygen atoms in total. The lowest BCUT2D eigenvalue weighted by atomic mass is 10.1. The molecule has 7 heteroatoms. The van der Waals surface area contributed by atoms with Crippen molar-refractivity contribution in [2.75, 3.05) is 0 Å². The van der Waals surface area contributed by atoms with Crippen LogP contribution in [0.2, 0.25) is 0 Å². The lowest BCUT2D eigenvalue weighted by Gasteiger charge is -2.08. The number of hydrogen-bond donors (Lipinski definition) is 1. The monoisotopic (exact) mass is 360 g/mol. The summed E-state index contributed by atoms with van der Waals surface area (Å²) in [6.45, 7) is 0.399. The molecule has 1 N–H and O–H groups in total. The average molecular weight is 360 g/mol. The third-order valence-electron chi connectivity index (χ3n) is 4.60. The normalized spacial score (nSPS) is 11.0.